The number of anilines is 1. The van der Waals surface area contributed by atoms with Crippen LogP contribution in [0.2, 0.25) is 5.02 Å². The Kier molecular flexibility index (Phi) is 10.4. The topological polar surface area (TPSA) is 83.0 Å². The second-order valence-corrected chi connectivity index (χ2v) is 13.2. The van der Waals surface area contributed by atoms with Crippen LogP contribution in [0.5, 0.6) is 0 Å². The van der Waals surface area contributed by atoms with Crippen LogP contribution in [0.1, 0.15) is 21.5 Å². The number of halogens is 2. The molecule has 12 heteroatoms. The van der Waals surface area contributed by atoms with Crippen molar-refractivity contribution < 1.29 is 17.9 Å². The lowest BCUT2D eigenvalue weighted by Gasteiger charge is -2.29. The number of thiazole rings is 1. The van der Waals surface area contributed by atoms with Gasteiger partial charge in [-0.05, 0) is 54.4 Å². The largest absolute Gasteiger partial charge is 0.379 e. The summed E-state index contributed by atoms with van der Waals surface area (Å²) in [5.74, 6) is -0.238. The van der Waals surface area contributed by atoms with Crippen molar-refractivity contribution >= 4 is 66.6 Å². The molecule has 3 aromatic carbocycles. The van der Waals surface area contributed by atoms with Gasteiger partial charge < -0.3 is 4.74 Å². The zero-order valence-electron chi connectivity index (χ0n) is 22.8. The number of aromatic nitrogens is 1. The maximum atomic E-state index is 13.8. The molecule has 0 N–H and O–H groups in total. The molecule has 0 spiro atoms. The Morgan fingerprint density at radius 2 is 1.76 bits per heavy atom. The van der Waals surface area contributed by atoms with E-state index in [1.165, 1.54) is 27.8 Å². The maximum absolute atomic E-state index is 13.8. The van der Waals surface area contributed by atoms with Crippen LogP contribution in [0.3, 0.4) is 0 Å². The molecular weight excluding hydrogens is 603 g/mol. The molecule has 41 heavy (non-hydrogen) atoms. The van der Waals surface area contributed by atoms with Gasteiger partial charge in [-0.1, -0.05) is 53.3 Å². The van der Waals surface area contributed by atoms with E-state index in [0.29, 0.717) is 42.0 Å². The summed E-state index contributed by atoms with van der Waals surface area (Å²) in [6.07, 6.45) is 0. The Balaban J connectivity index is 0.00000387. The molecule has 0 bridgehead atoms. The van der Waals surface area contributed by atoms with Crippen molar-refractivity contribution in [1.29, 1.82) is 0 Å². The van der Waals surface area contributed by atoms with Gasteiger partial charge in [-0.3, -0.25) is 14.6 Å². The van der Waals surface area contributed by atoms with Crippen LogP contribution in [0.15, 0.2) is 71.6 Å². The molecule has 1 aliphatic heterocycles. The number of amides is 1. The summed E-state index contributed by atoms with van der Waals surface area (Å²) in [6.45, 7) is 6.25. The first-order valence-corrected chi connectivity index (χ1v) is 15.6. The molecule has 0 atom stereocenters. The highest BCUT2D eigenvalue weighted by Crippen LogP contribution is 2.34. The molecule has 1 aliphatic rings. The molecule has 2 heterocycles. The van der Waals surface area contributed by atoms with Crippen LogP contribution in [0.25, 0.3) is 10.2 Å². The Labute approximate surface area is 256 Å². The molecule has 0 saturated carbocycles. The van der Waals surface area contributed by atoms with E-state index in [-0.39, 0.29) is 29.8 Å². The number of rotatable bonds is 9. The fraction of sp³-hybridized carbons (Fsp3) is 0.310. The van der Waals surface area contributed by atoms with Crippen molar-refractivity contribution in [2.24, 2.45) is 0 Å². The van der Waals surface area contributed by atoms with Crippen molar-refractivity contribution in [3.63, 3.8) is 0 Å². The number of benzene rings is 3. The van der Waals surface area contributed by atoms with Crippen LogP contribution in [-0.4, -0.2) is 75.0 Å². The first-order valence-electron chi connectivity index (χ1n) is 13.0. The molecule has 1 aromatic heterocycles. The SMILES string of the molecule is Cc1cc(Cl)cc2sc(N(CCN3CCOCC3)C(=O)c3ccc(S(=O)(=O)N(C)Cc4ccccc4)cc3)nc12.Cl. The van der Waals surface area contributed by atoms with Gasteiger partial charge >= 0.3 is 0 Å². The molecule has 0 aliphatic carbocycles. The Morgan fingerprint density at radius 1 is 1.07 bits per heavy atom. The number of hydrogen-bond acceptors (Lipinski definition) is 7. The summed E-state index contributed by atoms with van der Waals surface area (Å²) in [4.78, 5) is 22.7. The van der Waals surface area contributed by atoms with Crippen LogP contribution in [-0.2, 0) is 21.3 Å². The van der Waals surface area contributed by atoms with E-state index in [2.05, 4.69) is 4.90 Å². The lowest BCUT2D eigenvalue weighted by Crippen LogP contribution is -2.43. The highest BCUT2D eigenvalue weighted by Gasteiger charge is 2.25. The van der Waals surface area contributed by atoms with Crippen LogP contribution >= 0.6 is 35.3 Å². The number of ether oxygens (including phenoxy) is 1. The predicted octanol–water partition coefficient (Wildman–Crippen LogP) is 5.48. The highest BCUT2D eigenvalue weighted by molar-refractivity contribution is 7.89. The van der Waals surface area contributed by atoms with Crippen molar-refractivity contribution in [3.05, 3.63) is 88.4 Å². The lowest BCUT2D eigenvalue weighted by molar-refractivity contribution is 0.0391. The average Bonchev–Trinajstić information content (AvgIpc) is 3.38. The molecule has 218 valence electrons. The van der Waals surface area contributed by atoms with Crippen molar-refractivity contribution in [2.75, 3.05) is 51.3 Å². The number of morpholine rings is 1. The van der Waals surface area contributed by atoms with Gasteiger partial charge in [0.25, 0.3) is 5.91 Å². The summed E-state index contributed by atoms with van der Waals surface area (Å²) in [6, 6.07) is 19.3. The number of carbonyl (C=O) groups excluding carboxylic acids is 1. The second-order valence-electron chi connectivity index (χ2n) is 9.75. The van der Waals surface area contributed by atoms with E-state index >= 15 is 0 Å². The predicted molar refractivity (Wildman–Crippen MR) is 167 cm³/mol. The maximum Gasteiger partial charge on any atom is 0.260 e. The highest BCUT2D eigenvalue weighted by atomic mass is 35.5. The normalized spacial score (nSPS) is 14.2. The number of carbonyl (C=O) groups is 1. The Hall–Kier alpha value is -2.57. The lowest BCUT2D eigenvalue weighted by atomic mass is 10.2. The number of fused-ring (bicyclic) bond motifs is 1. The Bertz CT molecular complexity index is 1590. The van der Waals surface area contributed by atoms with Crippen molar-refractivity contribution in [3.8, 4) is 0 Å². The van der Waals surface area contributed by atoms with Gasteiger partial charge in [0.1, 0.15) is 0 Å². The third-order valence-electron chi connectivity index (χ3n) is 6.92. The zero-order chi connectivity index (χ0) is 28.3. The quantitative estimate of drug-likeness (QED) is 0.242. The first kappa shape index (κ1) is 31.4. The molecule has 5 rings (SSSR count). The Morgan fingerprint density at radius 3 is 2.44 bits per heavy atom. The van der Waals surface area contributed by atoms with Gasteiger partial charge in [-0.15, -0.1) is 12.4 Å². The molecule has 1 amide bonds. The summed E-state index contributed by atoms with van der Waals surface area (Å²) >= 11 is 7.70. The van der Waals surface area contributed by atoms with Gasteiger partial charge in [-0.25, -0.2) is 13.4 Å². The van der Waals surface area contributed by atoms with Gasteiger partial charge in [0.05, 0.1) is 28.3 Å². The minimum atomic E-state index is -3.74. The minimum absolute atomic E-state index is 0. The standard InChI is InChI=1S/C29H31ClN4O4S2.ClH/c1-21-18-24(30)19-26-27(21)31-29(39-26)34(13-12-33-14-16-38-17-15-33)28(35)23-8-10-25(11-9-23)40(36,37)32(2)20-22-6-4-3-5-7-22;/h3-11,18-19H,12-17,20H2,1-2H3;1H. The van der Waals surface area contributed by atoms with Gasteiger partial charge in [0.2, 0.25) is 10.0 Å². The van der Waals surface area contributed by atoms with E-state index in [0.717, 1.165) is 34.4 Å². The molecule has 1 saturated heterocycles. The van der Waals surface area contributed by atoms with Gasteiger partial charge in [-0.2, -0.15) is 4.31 Å². The fourth-order valence-electron chi connectivity index (χ4n) is 4.64. The third kappa shape index (κ3) is 7.26. The smallest absolute Gasteiger partial charge is 0.260 e. The summed E-state index contributed by atoms with van der Waals surface area (Å²) in [7, 11) is -2.18. The summed E-state index contributed by atoms with van der Waals surface area (Å²) in [5, 5.41) is 1.21. The van der Waals surface area contributed by atoms with E-state index in [9.17, 15) is 13.2 Å². The molecule has 0 radical (unpaired) electrons. The van der Waals surface area contributed by atoms with E-state index in [1.54, 1.807) is 24.1 Å². The van der Waals surface area contributed by atoms with Gasteiger partial charge in [0, 0.05) is 50.4 Å². The van der Waals surface area contributed by atoms with Crippen LogP contribution < -0.4 is 4.90 Å². The molecule has 8 nitrogen and oxygen atoms in total. The van der Waals surface area contributed by atoms with Crippen LogP contribution in [0, 0.1) is 6.92 Å². The van der Waals surface area contributed by atoms with Gasteiger partial charge in [0.15, 0.2) is 5.13 Å². The summed E-state index contributed by atoms with van der Waals surface area (Å²) in [5.41, 5.74) is 3.04. The van der Waals surface area contributed by atoms with E-state index < -0.39 is 10.0 Å². The fourth-order valence-corrected chi connectivity index (χ4v) is 7.24. The number of nitrogens with zero attached hydrogens (tertiary/aromatic N) is 4. The van der Waals surface area contributed by atoms with E-state index in [1.807, 2.05) is 49.4 Å². The number of hydrogen-bond donors (Lipinski definition) is 0. The second kappa shape index (κ2) is 13.6. The number of aryl methyl sites for hydroxylation is 1. The van der Waals surface area contributed by atoms with Crippen LogP contribution in [0.4, 0.5) is 5.13 Å². The van der Waals surface area contributed by atoms with Crippen molar-refractivity contribution in [2.45, 2.75) is 18.4 Å². The summed E-state index contributed by atoms with van der Waals surface area (Å²) < 4.78 is 34.1. The minimum Gasteiger partial charge on any atom is -0.379 e. The average molecular weight is 636 g/mol. The van der Waals surface area contributed by atoms with E-state index in [4.69, 9.17) is 21.3 Å². The molecular formula is C29H32Cl2N4O4S2. The molecule has 4 aromatic rings. The number of sulfonamides is 1. The van der Waals surface area contributed by atoms with Crippen molar-refractivity contribution in [1.82, 2.24) is 14.2 Å². The molecule has 0 unspecified atom stereocenters. The first-order chi connectivity index (χ1) is 19.2. The monoisotopic (exact) mass is 634 g/mol. The zero-order valence-corrected chi connectivity index (χ0v) is 26.0. The molecule has 1 fully saturated rings. The third-order valence-corrected chi connectivity index (χ3v) is 9.98.